The Kier molecular flexibility index (Phi) is 6.22. The normalized spacial score (nSPS) is 15.3. The molecule has 0 radical (unpaired) electrons. The SMILES string of the molecule is O=[N+]([O-])c1cc(S(=O)(=O)N2CCOCC2)ccc1NCCc1ccc(F)cc1. The van der Waals surface area contributed by atoms with Gasteiger partial charge in [0.1, 0.15) is 11.5 Å². The Morgan fingerprint density at radius 3 is 2.46 bits per heavy atom. The number of morpholine rings is 1. The third-order valence-corrected chi connectivity index (χ3v) is 6.31. The second-order valence-corrected chi connectivity index (χ2v) is 8.19. The molecule has 28 heavy (non-hydrogen) atoms. The van der Waals surface area contributed by atoms with Crippen LogP contribution in [0.5, 0.6) is 0 Å². The highest BCUT2D eigenvalue weighted by Gasteiger charge is 2.28. The first kappa shape index (κ1) is 20.2. The van der Waals surface area contributed by atoms with Crippen LogP contribution in [0.2, 0.25) is 0 Å². The molecule has 0 unspecified atom stereocenters. The molecule has 10 heteroatoms. The van der Waals surface area contributed by atoms with E-state index in [1.54, 1.807) is 12.1 Å². The maximum atomic E-state index is 12.9. The Morgan fingerprint density at radius 2 is 1.82 bits per heavy atom. The van der Waals surface area contributed by atoms with E-state index in [0.29, 0.717) is 26.2 Å². The summed E-state index contributed by atoms with van der Waals surface area (Å²) in [5.74, 6) is -0.329. The average molecular weight is 409 g/mol. The van der Waals surface area contributed by atoms with Gasteiger partial charge in [-0.25, -0.2) is 12.8 Å². The topological polar surface area (TPSA) is 102 Å². The van der Waals surface area contributed by atoms with E-state index >= 15 is 0 Å². The van der Waals surface area contributed by atoms with Gasteiger partial charge in [0.05, 0.1) is 23.0 Å². The van der Waals surface area contributed by atoms with Crippen molar-refractivity contribution < 1.29 is 22.5 Å². The first-order valence-electron chi connectivity index (χ1n) is 8.72. The minimum atomic E-state index is -3.82. The third kappa shape index (κ3) is 4.64. The van der Waals surface area contributed by atoms with E-state index in [2.05, 4.69) is 5.32 Å². The number of nitrogens with zero attached hydrogens (tertiary/aromatic N) is 2. The molecule has 1 N–H and O–H groups in total. The maximum Gasteiger partial charge on any atom is 0.293 e. The zero-order valence-corrected chi connectivity index (χ0v) is 15.8. The molecule has 0 saturated carbocycles. The molecule has 150 valence electrons. The molecule has 1 aliphatic rings. The van der Waals surface area contributed by atoms with Crippen LogP contribution in [-0.4, -0.2) is 50.5 Å². The predicted molar refractivity (Wildman–Crippen MR) is 101 cm³/mol. The molecule has 8 nitrogen and oxygen atoms in total. The Bertz CT molecular complexity index is 944. The number of nitro groups is 1. The van der Waals surface area contributed by atoms with E-state index in [1.165, 1.54) is 28.6 Å². The summed E-state index contributed by atoms with van der Waals surface area (Å²) in [5, 5.41) is 14.4. The molecule has 1 saturated heterocycles. The van der Waals surface area contributed by atoms with Gasteiger partial charge in [0.15, 0.2) is 0 Å². The number of halogens is 1. The Hall–Kier alpha value is -2.56. The van der Waals surface area contributed by atoms with Crippen LogP contribution < -0.4 is 5.32 Å². The number of hydrogen-bond donors (Lipinski definition) is 1. The lowest BCUT2D eigenvalue weighted by Crippen LogP contribution is -2.40. The summed E-state index contributed by atoms with van der Waals surface area (Å²) in [5.41, 5.74) is 0.796. The van der Waals surface area contributed by atoms with Gasteiger partial charge in [0.2, 0.25) is 10.0 Å². The molecule has 0 bridgehead atoms. The summed E-state index contributed by atoms with van der Waals surface area (Å²) in [6.07, 6.45) is 0.533. The largest absolute Gasteiger partial charge is 0.379 e. The molecule has 0 aromatic heterocycles. The van der Waals surface area contributed by atoms with E-state index in [4.69, 9.17) is 4.74 Å². The summed E-state index contributed by atoms with van der Waals surface area (Å²) in [6.45, 7) is 1.40. The lowest BCUT2D eigenvalue weighted by Gasteiger charge is -2.26. The number of benzene rings is 2. The monoisotopic (exact) mass is 409 g/mol. The zero-order valence-electron chi connectivity index (χ0n) is 15.0. The molecule has 1 fully saturated rings. The van der Waals surface area contributed by atoms with Crippen molar-refractivity contribution in [2.45, 2.75) is 11.3 Å². The van der Waals surface area contributed by atoms with Crippen LogP contribution in [0, 0.1) is 15.9 Å². The number of nitro benzene ring substituents is 1. The van der Waals surface area contributed by atoms with Crippen molar-refractivity contribution in [3.05, 3.63) is 64.0 Å². The van der Waals surface area contributed by atoms with Crippen LogP contribution in [0.25, 0.3) is 0 Å². The number of rotatable bonds is 7. The van der Waals surface area contributed by atoms with Gasteiger partial charge in [-0.3, -0.25) is 10.1 Å². The molecular weight excluding hydrogens is 389 g/mol. The molecule has 1 aliphatic heterocycles. The van der Waals surface area contributed by atoms with Gasteiger partial charge in [0, 0.05) is 25.7 Å². The van der Waals surface area contributed by atoms with Crippen LogP contribution in [-0.2, 0) is 21.2 Å². The van der Waals surface area contributed by atoms with Crippen molar-refractivity contribution in [2.75, 3.05) is 38.2 Å². The van der Waals surface area contributed by atoms with Crippen LogP contribution in [0.15, 0.2) is 47.4 Å². The summed E-state index contributed by atoms with van der Waals surface area (Å²) in [4.78, 5) is 10.7. The van der Waals surface area contributed by atoms with Crippen LogP contribution in [0.4, 0.5) is 15.8 Å². The minimum absolute atomic E-state index is 0.120. The molecule has 0 amide bonds. The summed E-state index contributed by atoms with van der Waals surface area (Å²) >= 11 is 0. The second kappa shape index (κ2) is 8.63. The van der Waals surface area contributed by atoms with Gasteiger partial charge < -0.3 is 10.1 Å². The van der Waals surface area contributed by atoms with E-state index in [0.717, 1.165) is 11.6 Å². The van der Waals surface area contributed by atoms with Gasteiger partial charge in [-0.15, -0.1) is 0 Å². The average Bonchev–Trinajstić information content (AvgIpc) is 2.70. The fourth-order valence-corrected chi connectivity index (χ4v) is 4.33. The predicted octanol–water partition coefficient (Wildman–Crippen LogP) is 2.41. The molecule has 3 rings (SSSR count). The van der Waals surface area contributed by atoms with Crippen molar-refractivity contribution in [3.63, 3.8) is 0 Å². The van der Waals surface area contributed by atoms with Gasteiger partial charge >= 0.3 is 0 Å². The second-order valence-electron chi connectivity index (χ2n) is 6.26. The smallest absolute Gasteiger partial charge is 0.293 e. The lowest BCUT2D eigenvalue weighted by atomic mass is 10.1. The first-order valence-corrected chi connectivity index (χ1v) is 10.2. The molecule has 2 aromatic rings. The maximum absolute atomic E-state index is 12.9. The van der Waals surface area contributed by atoms with Gasteiger partial charge in [-0.05, 0) is 36.2 Å². The van der Waals surface area contributed by atoms with Crippen molar-refractivity contribution in [1.29, 1.82) is 0 Å². The summed E-state index contributed by atoms with van der Waals surface area (Å²) in [7, 11) is -3.82. The fraction of sp³-hybridized carbons (Fsp3) is 0.333. The Balaban J connectivity index is 1.75. The van der Waals surface area contributed by atoms with Crippen molar-refractivity contribution in [2.24, 2.45) is 0 Å². The van der Waals surface area contributed by atoms with E-state index < -0.39 is 14.9 Å². The molecule has 1 heterocycles. The van der Waals surface area contributed by atoms with Crippen LogP contribution in [0.1, 0.15) is 5.56 Å². The molecular formula is C18H20FN3O5S. The Labute approximate surface area is 162 Å². The van der Waals surface area contributed by atoms with Crippen molar-refractivity contribution >= 4 is 21.4 Å². The zero-order chi connectivity index (χ0) is 20.1. The van der Waals surface area contributed by atoms with Crippen LogP contribution >= 0.6 is 0 Å². The molecule has 0 aliphatic carbocycles. The molecule has 0 atom stereocenters. The van der Waals surface area contributed by atoms with Crippen LogP contribution in [0.3, 0.4) is 0 Å². The van der Waals surface area contributed by atoms with E-state index in [1.807, 2.05) is 0 Å². The van der Waals surface area contributed by atoms with Crippen molar-refractivity contribution in [1.82, 2.24) is 4.31 Å². The minimum Gasteiger partial charge on any atom is -0.379 e. The number of anilines is 1. The van der Waals surface area contributed by atoms with Gasteiger partial charge in [-0.2, -0.15) is 4.31 Å². The highest BCUT2D eigenvalue weighted by atomic mass is 32.2. The number of sulfonamides is 1. The standard InChI is InChI=1S/C18H20FN3O5S/c19-15-3-1-14(2-4-15)7-8-20-17-6-5-16(13-18(17)22(23)24)28(25,26)21-9-11-27-12-10-21/h1-6,13,20H,7-12H2. The number of ether oxygens (including phenoxy) is 1. The highest BCUT2D eigenvalue weighted by Crippen LogP contribution is 2.29. The van der Waals surface area contributed by atoms with Gasteiger partial charge in [-0.1, -0.05) is 12.1 Å². The van der Waals surface area contributed by atoms with Crippen molar-refractivity contribution in [3.8, 4) is 0 Å². The number of nitrogens with one attached hydrogen (secondary N) is 1. The first-order chi connectivity index (χ1) is 13.4. The highest BCUT2D eigenvalue weighted by molar-refractivity contribution is 7.89. The van der Waals surface area contributed by atoms with Gasteiger partial charge in [0.25, 0.3) is 5.69 Å². The fourth-order valence-electron chi connectivity index (χ4n) is 2.90. The molecule has 0 spiro atoms. The molecule has 2 aromatic carbocycles. The summed E-state index contributed by atoms with van der Waals surface area (Å²) in [6, 6.07) is 9.82. The quantitative estimate of drug-likeness (QED) is 0.557. The summed E-state index contributed by atoms with van der Waals surface area (Å²) < 4.78 is 44.7. The third-order valence-electron chi connectivity index (χ3n) is 4.42. The Morgan fingerprint density at radius 1 is 1.14 bits per heavy atom. The van der Waals surface area contributed by atoms with E-state index in [-0.39, 0.29) is 35.2 Å². The van der Waals surface area contributed by atoms with E-state index in [9.17, 15) is 22.9 Å². The lowest BCUT2D eigenvalue weighted by molar-refractivity contribution is -0.384. The number of hydrogen-bond acceptors (Lipinski definition) is 6.